The van der Waals surface area contributed by atoms with Gasteiger partial charge >= 0.3 is 29.8 Å². The Hall–Kier alpha value is -4.13. The maximum Gasteiger partial charge on any atom is 0.335 e. The van der Waals surface area contributed by atoms with E-state index in [9.17, 15) is 147 Å². The normalized spacial score (nSPS) is 47.9. The Balaban J connectivity index is 0.919. The minimum Gasteiger partial charge on any atom is -0.479 e. The molecule has 0 aromatic heterocycles. The molecule has 24 N–H and O–H groups in total. The second-order valence-corrected chi connectivity index (χ2v) is 25.2. The first-order chi connectivity index (χ1) is 48.5. The van der Waals surface area contributed by atoms with E-state index >= 15 is 0 Å². The average Bonchev–Trinajstić information content (AvgIpc) is 0.770. The lowest BCUT2D eigenvalue weighted by Gasteiger charge is -2.49. The van der Waals surface area contributed by atoms with Crippen molar-refractivity contribution in [2.45, 2.75) is 279 Å². The van der Waals surface area contributed by atoms with Crippen molar-refractivity contribution in [1.82, 2.24) is 0 Å². The second-order valence-electron chi connectivity index (χ2n) is 25.2. The van der Waals surface area contributed by atoms with Crippen LogP contribution in [0.25, 0.3) is 0 Å². The van der Waals surface area contributed by atoms with Crippen molar-refractivity contribution in [3.8, 4) is 0 Å². The Morgan fingerprint density at radius 3 is 1.13 bits per heavy atom. The van der Waals surface area contributed by atoms with Gasteiger partial charge in [0.15, 0.2) is 80.8 Å². The number of aliphatic hydroxyl groups excluding tert-OH is 22. The van der Waals surface area contributed by atoms with Crippen molar-refractivity contribution in [1.29, 1.82) is 0 Å². The summed E-state index contributed by atoms with van der Waals surface area (Å²) in [5.41, 5.74) is 0. The molecule has 8 aliphatic rings. The zero-order valence-electron chi connectivity index (χ0n) is 54.2. The zero-order valence-corrected chi connectivity index (χ0v) is 54.2. The fraction of sp³-hybridized carbons (Fsp3) is 0.911. The topological polar surface area (TPSA) is 737 Å². The van der Waals surface area contributed by atoms with Gasteiger partial charge in [-0.15, -0.1) is 0 Å². The first-order valence-corrected chi connectivity index (χ1v) is 31.9. The fourth-order valence-corrected chi connectivity index (χ4v) is 12.5. The summed E-state index contributed by atoms with van der Waals surface area (Å²) in [5.74, 6) is -7.37. The van der Waals surface area contributed by atoms with Crippen molar-refractivity contribution < 1.29 is 232 Å². The number of ether oxygens (including phenoxy) is 18. The Bertz CT molecular complexity index is 2740. The number of esters is 3. The third-order valence-corrected chi connectivity index (χ3v) is 17.8. The largest absolute Gasteiger partial charge is 0.479 e. The minimum absolute atomic E-state index is 0.608. The number of carboxylic acid groups (broad SMARTS) is 2. The van der Waals surface area contributed by atoms with E-state index in [0.717, 1.165) is 13.8 Å². The highest BCUT2D eigenvalue weighted by atomic mass is 16.8. The van der Waals surface area contributed by atoms with E-state index in [4.69, 9.17) is 85.3 Å². The van der Waals surface area contributed by atoms with E-state index in [0.29, 0.717) is 0 Å². The highest BCUT2D eigenvalue weighted by Crippen LogP contribution is 2.39. The predicted octanol–water partition coefficient (Wildman–Crippen LogP) is -16.8. The molecule has 41 atom stereocenters. The molecule has 0 aromatic rings. The smallest absolute Gasteiger partial charge is 0.335 e. The van der Waals surface area contributed by atoms with Gasteiger partial charge in [-0.1, -0.05) is 0 Å². The molecule has 8 saturated heterocycles. The predicted molar refractivity (Wildman–Crippen MR) is 305 cm³/mol. The number of aliphatic carboxylic acids is 2. The SMILES string of the molecule is CC(=O)O[C@@H]1[C@@H](O)[C@H](O[C@@H]2O[C@H](CO)[C@@H](O[C@@H]3O[C@H](C(=O)O)[C@@H](O[C@@H]4O[C@H](C(=O)O)[C@@H](O)[C@H](O)[C@H]4O)[C@H](O)[C@H]3OC(C)=O)[C@H](O)[C@H]2O)[C@@H](CO[C@@H]2O[C@H](CO)[C@@H](O[C@@H]3O[C@H](CO)[C@@H](O[C@@H]4O[C@H](CO)[C@@H](O)[C@H](O[C@@H]5O[C@H](CO)[C@H](O)[C@H](OC(=O)CC(C)O)[C@H]5O)[C@H]4O)[C@H](O)[C@H]3O)[C@H](O)[C@H]2O)O[C@@H]1O. The van der Waals surface area contributed by atoms with Crippen molar-refractivity contribution in [2.24, 2.45) is 0 Å². The second kappa shape index (κ2) is 36.4. The molecule has 594 valence electrons. The molecular weight excluding hydrogens is 1420 g/mol. The number of hydrogen-bond donors (Lipinski definition) is 24. The first kappa shape index (κ1) is 84.5. The molecule has 8 aliphatic heterocycles. The van der Waals surface area contributed by atoms with Crippen molar-refractivity contribution >= 4 is 29.8 Å². The Labute approximate surface area is 579 Å². The molecule has 0 spiro atoms. The minimum atomic E-state index is -2.49. The summed E-state index contributed by atoms with van der Waals surface area (Å²) in [6.07, 6.45) is -88.0. The molecular formula is C56H88O47. The van der Waals surface area contributed by atoms with Gasteiger partial charge in [0, 0.05) is 13.8 Å². The van der Waals surface area contributed by atoms with Gasteiger partial charge in [0.2, 0.25) is 0 Å². The van der Waals surface area contributed by atoms with Crippen molar-refractivity contribution in [2.75, 3.05) is 39.6 Å². The van der Waals surface area contributed by atoms with Crippen LogP contribution >= 0.6 is 0 Å². The van der Waals surface area contributed by atoms with Crippen LogP contribution in [0.2, 0.25) is 0 Å². The van der Waals surface area contributed by atoms with Gasteiger partial charge in [-0.2, -0.15) is 0 Å². The number of aliphatic hydroxyl groups is 22. The van der Waals surface area contributed by atoms with Crippen molar-refractivity contribution in [3.05, 3.63) is 0 Å². The lowest BCUT2D eigenvalue weighted by Crippen LogP contribution is -2.68. The van der Waals surface area contributed by atoms with Gasteiger partial charge in [-0.3, -0.25) is 14.4 Å². The highest BCUT2D eigenvalue weighted by molar-refractivity contribution is 5.74. The van der Waals surface area contributed by atoms with Gasteiger partial charge < -0.3 is 208 Å². The number of carbonyl (C=O) groups is 5. The Morgan fingerprint density at radius 1 is 0.320 bits per heavy atom. The van der Waals surface area contributed by atoms with Crippen LogP contribution < -0.4 is 0 Å². The summed E-state index contributed by atoms with van der Waals surface area (Å²) in [4.78, 5) is 61.4. The van der Waals surface area contributed by atoms with E-state index < -0.39 is 328 Å². The summed E-state index contributed by atoms with van der Waals surface area (Å²) in [6.45, 7) is -3.73. The summed E-state index contributed by atoms with van der Waals surface area (Å²) in [6, 6.07) is 0. The van der Waals surface area contributed by atoms with Crippen LogP contribution in [0.1, 0.15) is 27.2 Å². The molecule has 47 nitrogen and oxygen atoms in total. The molecule has 0 saturated carbocycles. The third kappa shape index (κ3) is 18.8. The van der Waals surface area contributed by atoms with Gasteiger partial charge in [-0.25, -0.2) is 9.59 Å². The lowest BCUT2D eigenvalue weighted by molar-refractivity contribution is -0.392. The van der Waals surface area contributed by atoms with Crippen LogP contribution in [0.4, 0.5) is 0 Å². The van der Waals surface area contributed by atoms with Crippen LogP contribution in [-0.4, -0.2) is 444 Å². The van der Waals surface area contributed by atoms with E-state index in [1.54, 1.807) is 0 Å². The highest BCUT2D eigenvalue weighted by Gasteiger charge is 2.61. The van der Waals surface area contributed by atoms with E-state index in [2.05, 4.69) is 0 Å². The molecule has 0 bridgehead atoms. The number of carboxylic acids is 2. The van der Waals surface area contributed by atoms with Crippen LogP contribution in [-0.2, 0) is 109 Å². The maximum atomic E-state index is 12.7. The number of carbonyl (C=O) groups excluding carboxylic acids is 3. The molecule has 8 rings (SSSR count). The maximum absolute atomic E-state index is 12.7. The fourth-order valence-electron chi connectivity index (χ4n) is 12.5. The summed E-state index contributed by atoms with van der Waals surface area (Å²) in [5, 5.41) is 260. The molecule has 8 fully saturated rings. The van der Waals surface area contributed by atoms with E-state index in [1.807, 2.05) is 0 Å². The average molecular weight is 1510 g/mol. The van der Waals surface area contributed by atoms with Crippen LogP contribution in [0.3, 0.4) is 0 Å². The van der Waals surface area contributed by atoms with Crippen molar-refractivity contribution in [3.63, 3.8) is 0 Å². The van der Waals surface area contributed by atoms with Crippen LogP contribution in [0.15, 0.2) is 0 Å². The molecule has 0 aliphatic carbocycles. The summed E-state index contributed by atoms with van der Waals surface area (Å²) < 4.78 is 99.4. The molecule has 1 unspecified atom stereocenters. The summed E-state index contributed by atoms with van der Waals surface area (Å²) in [7, 11) is 0. The van der Waals surface area contributed by atoms with Crippen LogP contribution in [0, 0.1) is 0 Å². The van der Waals surface area contributed by atoms with E-state index in [-0.39, 0.29) is 0 Å². The van der Waals surface area contributed by atoms with Crippen LogP contribution in [0.5, 0.6) is 0 Å². The first-order valence-electron chi connectivity index (χ1n) is 31.9. The molecule has 0 aromatic carbocycles. The summed E-state index contributed by atoms with van der Waals surface area (Å²) >= 11 is 0. The monoisotopic (exact) mass is 1510 g/mol. The molecule has 0 radical (unpaired) electrons. The lowest BCUT2D eigenvalue weighted by atomic mass is 9.95. The molecule has 103 heavy (non-hydrogen) atoms. The Kier molecular flexibility index (Phi) is 29.8. The molecule has 8 heterocycles. The van der Waals surface area contributed by atoms with E-state index in [1.165, 1.54) is 6.92 Å². The number of hydrogen-bond acceptors (Lipinski definition) is 45. The number of rotatable bonds is 27. The zero-order chi connectivity index (χ0) is 76.2. The van der Waals surface area contributed by atoms with Gasteiger partial charge in [0.1, 0.15) is 165 Å². The molecule has 0 amide bonds. The standard InChI is InChI=1S/C56H88O47/c1-11(62)4-20(65)95-40-21(66)14(5-57)91-55(34(40)79)100-41-22(67)15(6-58)90-54(35(41)80)97-37-17(8-60)93-51(30(75)26(37)71)96-36-16(7-59)92-50(29(74)25(36)70)86-10-19-39(32(77)44(49(85)89-19)87-12(2)63)98-52-31(76)27(72)38(18(9-61)94-52)99-56-45(88-13(3)64)33(78)42(46(103-56)48(83)84)101-53-28(73)23(68)24(69)43(102-53)47(81)82/h11,14-19,21-46,49-62,66-80,85H,4-10H2,1-3H3,(H,81,82)(H,83,84)/t11?,14-,15-,16-,17-,18-,19-,21+,22-,23+,24+,25-,26-,27-,28-,29-,30-,31-,32+,33+,34-,35-,36-,37-,38-,39-,40+,41+,42+,43+,44-,45-,46+,49+,50-,51+,52+,53-,54+,55+,56-/m1/s1. The van der Waals surface area contributed by atoms with Gasteiger partial charge in [0.05, 0.1) is 52.2 Å². The Morgan fingerprint density at radius 2 is 0.670 bits per heavy atom. The van der Waals surface area contributed by atoms with Gasteiger partial charge in [-0.05, 0) is 6.92 Å². The quantitative estimate of drug-likeness (QED) is 0.0268. The molecule has 47 heteroatoms. The third-order valence-electron chi connectivity index (χ3n) is 17.8. The van der Waals surface area contributed by atoms with Gasteiger partial charge in [0.25, 0.3) is 0 Å².